The summed E-state index contributed by atoms with van der Waals surface area (Å²) in [4.78, 5) is 10.2. The molecular weight excluding hydrogens is 256 g/mol. The smallest absolute Gasteiger partial charge is 0.258 e. The molecule has 0 aromatic heterocycles. The van der Waals surface area contributed by atoms with Gasteiger partial charge in [-0.05, 0) is 30.4 Å². The van der Waals surface area contributed by atoms with Crippen molar-refractivity contribution in [2.75, 3.05) is 0 Å². The van der Waals surface area contributed by atoms with E-state index in [1.807, 2.05) is 0 Å². The van der Waals surface area contributed by atoms with Gasteiger partial charge in [0.1, 0.15) is 0 Å². The molecule has 0 radical (unpaired) electrons. The summed E-state index contributed by atoms with van der Waals surface area (Å²) >= 11 is 0. The predicted molar refractivity (Wildman–Crippen MR) is 65.7 cm³/mol. The standard InChI is InChI=1S/C11H14N2O4S/c12-18(16,17)11-6-5-9(13(14)15)7-10(11)8-3-1-2-4-8/h5-8H,1-4H2,(H2,12,16,17). The lowest BCUT2D eigenvalue weighted by molar-refractivity contribution is -0.385. The van der Waals surface area contributed by atoms with E-state index < -0.39 is 14.9 Å². The normalized spacial score (nSPS) is 16.9. The highest BCUT2D eigenvalue weighted by Crippen LogP contribution is 2.38. The lowest BCUT2D eigenvalue weighted by Crippen LogP contribution is -2.15. The van der Waals surface area contributed by atoms with E-state index in [1.54, 1.807) is 0 Å². The Labute approximate surface area is 105 Å². The fourth-order valence-electron chi connectivity index (χ4n) is 2.46. The van der Waals surface area contributed by atoms with Gasteiger partial charge in [0.05, 0.1) is 9.82 Å². The van der Waals surface area contributed by atoms with E-state index in [4.69, 9.17) is 5.14 Å². The molecule has 6 nitrogen and oxygen atoms in total. The summed E-state index contributed by atoms with van der Waals surface area (Å²) in [6.07, 6.45) is 3.72. The zero-order valence-corrected chi connectivity index (χ0v) is 10.5. The molecule has 1 aromatic rings. The van der Waals surface area contributed by atoms with Crippen LogP contribution >= 0.6 is 0 Å². The summed E-state index contributed by atoms with van der Waals surface area (Å²) in [6, 6.07) is 3.76. The topological polar surface area (TPSA) is 103 Å². The Morgan fingerprint density at radius 3 is 2.39 bits per heavy atom. The van der Waals surface area contributed by atoms with E-state index in [0.29, 0.717) is 5.56 Å². The van der Waals surface area contributed by atoms with Gasteiger partial charge in [-0.15, -0.1) is 0 Å². The van der Waals surface area contributed by atoms with Gasteiger partial charge in [-0.3, -0.25) is 10.1 Å². The minimum atomic E-state index is -3.84. The first-order valence-corrected chi connectivity index (χ1v) is 7.25. The Bertz CT molecular complexity index is 577. The van der Waals surface area contributed by atoms with Crippen LogP contribution in [0.4, 0.5) is 5.69 Å². The molecule has 0 atom stereocenters. The van der Waals surface area contributed by atoms with E-state index >= 15 is 0 Å². The molecule has 0 amide bonds. The van der Waals surface area contributed by atoms with Crippen molar-refractivity contribution in [2.45, 2.75) is 36.5 Å². The number of non-ortho nitro benzene ring substituents is 1. The van der Waals surface area contributed by atoms with Crippen LogP contribution in [0.25, 0.3) is 0 Å². The van der Waals surface area contributed by atoms with Gasteiger partial charge in [-0.25, -0.2) is 13.6 Å². The molecule has 1 fully saturated rings. The molecule has 7 heteroatoms. The average Bonchev–Trinajstić information content (AvgIpc) is 2.80. The largest absolute Gasteiger partial charge is 0.269 e. The molecule has 0 spiro atoms. The molecule has 0 bridgehead atoms. The van der Waals surface area contributed by atoms with Crippen LogP contribution in [-0.4, -0.2) is 13.3 Å². The van der Waals surface area contributed by atoms with Crippen molar-refractivity contribution in [1.82, 2.24) is 0 Å². The van der Waals surface area contributed by atoms with Crippen molar-refractivity contribution in [1.29, 1.82) is 0 Å². The summed E-state index contributed by atoms with van der Waals surface area (Å²) in [5.41, 5.74) is 0.397. The molecule has 2 N–H and O–H groups in total. The Morgan fingerprint density at radius 1 is 1.28 bits per heavy atom. The van der Waals surface area contributed by atoms with E-state index in [2.05, 4.69) is 0 Å². The van der Waals surface area contributed by atoms with Gasteiger partial charge < -0.3 is 0 Å². The molecule has 0 heterocycles. The number of nitro groups is 1. The van der Waals surface area contributed by atoms with Crippen LogP contribution in [0.2, 0.25) is 0 Å². The molecule has 98 valence electrons. The summed E-state index contributed by atoms with van der Waals surface area (Å²) < 4.78 is 23.0. The van der Waals surface area contributed by atoms with Gasteiger partial charge in [0.15, 0.2) is 0 Å². The summed E-state index contributed by atoms with van der Waals surface area (Å²) in [5, 5.41) is 15.9. The maximum Gasteiger partial charge on any atom is 0.269 e. The molecule has 1 aliphatic carbocycles. The van der Waals surface area contributed by atoms with Gasteiger partial charge in [0.25, 0.3) is 5.69 Å². The van der Waals surface area contributed by atoms with Crippen molar-refractivity contribution in [2.24, 2.45) is 5.14 Å². The second kappa shape index (κ2) is 4.66. The third-order valence-corrected chi connectivity index (χ3v) is 4.29. The van der Waals surface area contributed by atoms with Gasteiger partial charge in [-0.1, -0.05) is 12.8 Å². The number of rotatable bonds is 3. The maximum atomic E-state index is 11.5. The molecule has 1 aliphatic rings. The summed E-state index contributed by atoms with van der Waals surface area (Å²) in [5.74, 6) is 0.0539. The Kier molecular flexibility index (Phi) is 3.36. The van der Waals surface area contributed by atoms with Crippen LogP contribution in [-0.2, 0) is 10.0 Å². The molecule has 0 unspecified atom stereocenters. The van der Waals surface area contributed by atoms with Crippen LogP contribution in [0.5, 0.6) is 0 Å². The zero-order chi connectivity index (χ0) is 13.3. The van der Waals surface area contributed by atoms with Crippen molar-refractivity contribution in [3.63, 3.8) is 0 Å². The maximum absolute atomic E-state index is 11.5. The minimum absolute atomic E-state index is 0.0139. The first kappa shape index (κ1) is 13.0. The van der Waals surface area contributed by atoms with Gasteiger partial charge in [-0.2, -0.15) is 0 Å². The quantitative estimate of drug-likeness (QED) is 0.669. The molecule has 1 saturated carbocycles. The van der Waals surface area contributed by atoms with Crippen LogP contribution in [0.1, 0.15) is 37.2 Å². The van der Waals surface area contributed by atoms with Gasteiger partial charge >= 0.3 is 0 Å². The van der Waals surface area contributed by atoms with E-state index in [-0.39, 0.29) is 16.5 Å². The fourth-order valence-corrected chi connectivity index (χ4v) is 3.28. The zero-order valence-electron chi connectivity index (χ0n) is 9.70. The second-order valence-corrected chi connectivity index (χ2v) is 6.04. The van der Waals surface area contributed by atoms with Gasteiger partial charge in [0.2, 0.25) is 10.0 Å². The van der Waals surface area contributed by atoms with Crippen LogP contribution < -0.4 is 5.14 Å². The number of nitrogens with zero attached hydrogens (tertiary/aromatic N) is 1. The van der Waals surface area contributed by atoms with E-state index in [0.717, 1.165) is 25.7 Å². The highest BCUT2D eigenvalue weighted by molar-refractivity contribution is 7.89. The molecule has 0 saturated heterocycles. The van der Waals surface area contributed by atoms with Crippen LogP contribution in [0, 0.1) is 10.1 Å². The average molecular weight is 270 g/mol. The van der Waals surface area contributed by atoms with Crippen LogP contribution in [0.3, 0.4) is 0 Å². The summed E-state index contributed by atoms with van der Waals surface area (Å²) in [6.45, 7) is 0. The first-order valence-electron chi connectivity index (χ1n) is 5.71. The summed E-state index contributed by atoms with van der Waals surface area (Å²) in [7, 11) is -3.84. The van der Waals surface area contributed by atoms with Gasteiger partial charge in [0, 0.05) is 12.1 Å². The third kappa shape index (κ3) is 2.51. The lowest BCUT2D eigenvalue weighted by atomic mass is 9.97. The highest BCUT2D eigenvalue weighted by atomic mass is 32.2. The molecule has 0 aliphatic heterocycles. The Morgan fingerprint density at radius 2 is 1.89 bits per heavy atom. The number of hydrogen-bond donors (Lipinski definition) is 1. The highest BCUT2D eigenvalue weighted by Gasteiger charge is 2.26. The predicted octanol–water partition coefficient (Wildman–Crippen LogP) is 1.90. The Balaban J connectivity index is 2.56. The molecular formula is C11H14N2O4S. The van der Waals surface area contributed by atoms with Crippen molar-refractivity contribution >= 4 is 15.7 Å². The SMILES string of the molecule is NS(=O)(=O)c1ccc([N+](=O)[O-])cc1C1CCCC1. The Hall–Kier alpha value is -1.47. The molecule has 2 rings (SSSR count). The number of benzene rings is 1. The minimum Gasteiger partial charge on any atom is -0.258 e. The fraction of sp³-hybridized carbons (Fsp3) is 0.455. The van der Waals surface area contributed by atoms with Crippen molar-refractivity contribution in [3.05, 3.63) is 33.9 Å². The number of nitro benzene ring substituents is 1. The number of nitrogens with two attached hydrogens (primary N) is 1. The number of primary sulfonamides is 1. The van der Waals surface area contributed by atoms with Crippen molar-refractivity contribution in [3.8, 4) is 0 Å². The third-order valence-electron chi connectivity index (χ3n) is 3.31. The van der Waals surface area contributed by atoms with Crippen molar-refractivity contribution < 1.29 is 13.3 Å². The number of hydrogen-bond acceptors (Lipinski definition) is 4. The first-order chi connectivity index (χ1) is 8.39. The van der Waals surface area contributed by atoms with Crippen LogP contribution in [0.15, 0.2) is 23.1 Å². The molecule has 18 heavy (non-hydrogen) atoms. The van der Waals surface area contributed by atoms with E-state index in [9.17, 15) is 18.5 Å². The van der Waals surface area contributed by atoms with E-state index in [1.165, 1.54) is 18.2 Å². The molecule has 1 aromatic carbocycles. The monoisotopic (exact) mass is 270 g/mol. The lowest BCUT2D eigenvalue weighted by Gasteiger charge is -2.13. The number of sulfonamides is 1. The second-order valence-electron chi connectivity index (χ2n) is 4.51.